The summed E-state index contributed by atoms with van der Waals surface area (Å²) in [6, 6.07) is 12.5. The van der Waals surface area contributed by atoms with Crippen LogP contribution in [0.3, 0.4) is 0 Å². The third kappa shape index (κ3) is 3.11. The highest BCUT2D eigenvalue weighted by molar-refractivity contribution is 5.55. The lowest BCUT2D eigenvalue weighted by Gasteiger charge is -2.34. The number of para-hydroxylation sites is 1. The van der Waals surface area contributed by atoms with E-state index in [1.54, 1.807) is 0 Å². The van der Waals surface area contributed by atoms with E-state index in [1.165, 1.54) is 27.8 Å². The fourth-order valence-corrected chi connectivity index (χ4v) is 3.24. The van der Waals surface area contributed by atoms with E-state index >= 15 is 0 Å². The Morgan fingerprint density at radius 3 is 2.05 bits per heavy atom. The molecule has 0 fully saturated rings. The Balaban J connectivity index is 2.50. The van der Waals surface area contributed by atoms with E-state index in [-0.39, 0.29) is 6.61 Å². The highest BCUT2D eigenvalue weighted by Crippen LogP contribution is 2.32. The third-order valence-electron chi connectivity index (χ3n) is 4.10. The highest BCUT2D eigenvalue weighted by Gasteiger charge is 2.29. The molecule has 0 heterocycles. The zero-order valence-corrected chi connectivity index (χ0v) is 13.6. The summed E-state index contributed by atoms with van der Waals surface area (Å²) in [6.45, 7) is 10.5. The van der Waals surface area contributed by atoms with Crippen LogP contribution in [-0.2, 0) is 5.54 Å². The second-order valence-electron chi connectivity index (χ2n) is 6.20. The van der Waals surface area contributed by atoms with Gasteiger partial charge in [-0.2, -0.15) is 0 Å². The summed E-state index contributed by atoms with van der Waals surface area (Å²) in [7, 11) is 0. The SMILES string of the molecule is Cc1cc(C)c(C(C)(CO)Nc2ccccc2C)c(C)c1. The number of benzene rings is 2. The summed E-state index contributed by atoms with van der Waals surface area (Å²) in [5, 5.41) is 13.6. The lowest BCUT2D eigenvalue weighted by atomic mass is 9.84. The lowest BCUT2D eigenvalue weighted by molar-refractivity contribution is 0.223. The fourth-order valence-electron chi connectivity index (χ4n) is 3.24. The molecule has 0 saturated heterocycles. The van der Waals surface area contributed by atoms with Crippen molar-refractivity contribution in [2.75, 3.05) is 11.9 Å². The second-order valence-corrected chi connectivity index (χ2v) is 6.20. The van der Waals surface area contributed by atoms with Crippen molar-refractivity contribution in [3.8, 4) is 0 Å². The van der Waals surface area contributed by atoms with Crippen molar-refractivity contribution in [2.24, 2.45) is 0 Å². The van der Waals surface area contributed by atoms with Gasteiger partial charge in [0, 0.05) is 5.69 Å². The molecule has 0 saturated carbocycles. The molecule has 2 N–H and O–H groups in total. The van der Waals surface area contributed by atoms with Crippen molar-refractivity contribution in [1.82, 2.24) is 0 Å². The van der Waals surface area contributed by atoms with Crippen LogP contribution >= 0.6 is 0 Å². The van der Waals surface area contributed by atoms with Crippen molar-refractivity contribution in [3.05, 3.63) is 64.2 Å². The summed E-state index contributed by atoms with van der Waals surface area (Å²) in [5.74, 6) is 0. The van der Waals surface area contributed by atoms with Crippen LogP contribution < -0.4 is 5.32 Å². The molecule has 1 atom stereocenters. The van der Waals surface area contributed by atoms with Crippen LogP contribution in [0.4, 0.5) is 5.69 Å². The zero-order valence-electron chi connectivity index (χ0n) is 13.6. The molecule has 2 aromatic rings. The minimum Gasteiger partial charge on any atom is -0.394 e. The predicted octanol–water partition coefficient (Wildman–Crippen LogP) is 4.24. The average Bonchev–Trinajstić information content (AvgIpc) is 2.40. The van der Waals surface area contributed by atoms with Crippen LogP contribution in [-0.4, -0.2) is 11.7 Å². The summed E-state index contributed by atoms with van der Waals surface area (Å²) in [6.07, 6.45) is 0. The Hall–Kier alpha value is -1.80. The molecule has 2 rings (SSSR count). The van der Waals surface area contributed by atoms with Crippen LogP contribution in [0, 0.1) is 27.7 Å². The van der Waals surface area contributed by atoms with E-state index in [2.05, 4.69) is 64.2 Å². The molecule has 0 spiro atoms. The zero-order chi connectivity index (χ0) is 15.6. The summed E-state index contributed by atoms with van der Waals surface area (Å²) in [4.78, 5) is 0. The van der Waals surface area contributed by atoms with Gasteiger partial charge in [0.25, 0.3) is 0 Å². The quantitative estimate of drug-likeness (QED) is 0.879. The van der Waals surface area contributed by atoms with Crippen LogP contribution in [0.2, 0.25) is 0 Å². The third-order valence-corrected chi connectivity index (χ3v) is 4.10. The number of aliphatic hydroxyl groups is 1. The molecule has 2 aromatic carbocycles. The van der Waals surface area contributed by atoms with Gasteiger partial charge in [-0.05, 0) is 62.9 Å². The van der Waals surface area contributed by atoms with E-state index < -0.39 is 5.54 Å². The predicted molar refractivity (Wildman–Crippen MR) is 89.9 cm³/mol. The van der Waals surface area contributed by atoms with E-state index in [9.17, 15) is 5.11 Å². The molecule has 2 heteroatoms. The van der Waals surface area contributed by atoms with Gasteiger partial charge in [-0.3, -0.25) is 0 Å². The molecular weight excluding hydrogens is 258 g/mol. The molecule has 1 unspecified atom stereocenters. The fraction of sp³-hybridized carbons (Fsp3) is 0.368. The van der Waals surface area contributed by atoms with E-state index in [1.807, 2.05) is 12.1 Å². The standard InChI is InChI=1S/C19H25NO/c1-13-10-15(3)18(16(4)11-13)19(5,12-21)20-17-9-7-6-8-14(17)2/h6-11,20-21H,12H2,1-5H3. The van der Waals surface area contributed by atoms with Crippen molar-refractivity contribution in [1.29, 1.82) is 0 Å². The van der Waals surface area contributed by atoms with Crippen molar-refractivity contribution in [2.45, 2.75) is 40.2 Å². The van der Waals surface area contributed by atoms with Gasteiger partial charge >= 0.3 is 0 Å². The van der Waals surface area contributed by atoms with Gasteiger partial charge in [-0.25, -0.2) is 0 Å². The molecule has 2 nitrogen and oxygen atoms in total. The Kier molecular flexibility index (Phi) is 4.38. The normalized spacial score (nSPS) is 13.8. The monoisotopic (exact) mass is 283 g/mol. The molecule has 112 valence electrons. The molecule has 0 aliphatic carbocycles. The van der Waals surface area contributed by atoms with Crippen LogP contribution in [0.15, 0.2) is 36.4 Å². The Bertz CT molecular complexity index is 625. The van der Waals surface area contributed by atoms with E-state index in [4.69, 9.17) is 0 Å². The number of rotatable bonds is 4. The lowest BCUT2D eigenvalue weighted by Crippen LogP contribution is -2.37. The van der Waals surface area contributed by atoms with Gasteiger partial charge in [-0.1, -0.05) is 35.9 Å². The summed E-state index contributed by atoms with van der Waals surface area (Å²) in [5.41, 5.74) is 6.61. The average molecular weight is 283 g/mol. The van der Waals surface area contributed by atoms with Crippen LogP contribution in [0.1, 0.15) is 34.7 Å². The maximum Gasteiger partial charge on any atom is 0.0833 e. The maximum atomic E-state index is 10.0. The molecule has 0 aliphatic rings. The molecular formula is C19H25NO. The number of hydrogen-bond acceptors (Lipinski definition) is 2. The molecule has 0 bridgehead atoms. The van der Waals surface area contributed by atoms with Crippen molar-refractivity contribution < 1.29 is 5.11 Å². The van der Waals surface area contributed by atoms with Gasteiger partial charge in [-0.15, -0.1) is 0 Å². The molecule has 0 aliphatic heterocycles. The van der Waals surface area contributed by atoms with Gasteiger partial charge in [0.05, 0.1) is 12.1 Å². The molecule has 0 aromatic heterocycles. The van der Waals surface area contributed by atoms with Gasteiger partial charge in [0.15, 0.2) is 0 Å². The summed E-state index contributed by atoms with van der Waals surface area (Å²) < 4.78 is 0. The van der Waals surface area contributed by atoms with Crippen LogP contribution in [0.5, 0.6) is 0 Å². The molecule has 21 heavy (non-hydrogen) atoms. The molecule has 0 radical (unpaired) electrons. The van der Waals surface area contributed by atoms with Gasteiger partial charge < -0.3 is 10.4 Å². The Labute approximate surface area is 127 Å². The Morgan fingerprint density at radius 1 is 0.952 bits per heavy atom. The maximum absolute atomic E-state index is 10.0. The first kappa shape index (κ1) is 15.6. The number of aryl methyl sites for hydroxylation is 4. The smallest absolute Gasteiger partial charge is 0.0833 e. The number of hydrogen-bond donors (Lipinski definition) is 2. The minimum absolute atomic E-state index is 0.0477. The van der Waals surface area contributed by atoms with E-state index in [0.29, 0.717) is 0 Å². The first-order valence-electron chi connectivity index (χ1n) is 7.40. The first-order valence-corrected chi connectivity index (χ1v) is 7.40. The van der Waals surface area contributed by atoms with Gasteiger partial charge in [0.1, 0.15) is 0 Å². The largest absolute Gasteiger partial charge is 0.394 e. The minimum atomic E-state index is -0.492. The first-order chi connectivity index (χ1) is 9.87. The summed E-state index contributed by atoms with van der Waals surface area (Å²) >= 11 is 0. The topological polar surface area (TPSA) is 32.3 Å². The van der Waals surface area contributed by atoms with Gasteiger partial charge in [0.2, 0.25) is 0 Å². The second kappa shape index (κ2) is 5.90. The van der Waals surface area contributed by atoms with E-state index in [0.717, 1.165) is 5.69 Å². The highest BCUT2D eigenvalue weighted by atomic mass is 16.3. The number of anilines is 1. The number of nitrogens with one attached hydrogen (secondary N) is 1. The van der Waals surface area contributed by atoms with Crippen molar-refractivity contribution >= 4 is 5.69 Å². The van der Waals surface area contributed by atoms with Crippen LogP contribution in [0.25, 0.3) is 0 Å². The number of aliphatic hydroxyl groups excluding tert-OH is 1. The van der Waals surface area contributed by atoms with Crippen molar-refractivity contribution in [3.63, 3.8) is 0 Å². The molecule has 0 amide bonds. The Morgan fingerprint density at radius 2 is 1.52 bits per heavy atom.